The van der Waals surface area contributed by atoms with Gasteiger partial charge in [0, 0.05) is 30.9 Å². The van der Waals surface area contributed by atoms with Crippen molar-refractivity contribution in [2.24, 2.45) is 0 Å². The van der Waals surface area contributed by atoms with Gasteiger partial charge in [0.25, 0.3) is 5.56 Å². The fourth-order valence-corrected chi connectivity index (χ4v) is 4.22. The number of nitrogens with zero attached hydrogens (tertiary/aromatic N) is 2. The van der Waals surface area contributed by atoms with Crippen LogP contribution in [-0.2, 0) is 16.8 Å². The number of anilines is 1. The third-order valence-electron chi connectivity index (χ3n) is 6.34. The van der Waals surface area contributed by atoms with E-state index in [1.807, 2.05) is 20.0 Å². The van der Waals surface area contributed by atoms with E-state index in [0.717, 1.165) is 11.1 Å². The molecular weight excluding hydrogens is 458 g/mol. The van der Waals surface area contributed by atoms with Gasteiger partial charge in [-0.25, -0.2) is 4.98 Å². The van der Waals surface area contributed by atoms with E-state index in [2.05, 4.69) is 25.1 Å². The fourth-order valence-electron chi connectivity index (χ4n) is 4.22. The summed E-state index contributed by atoms with van der Waals surface area (Å²) in [7, 11) is 1.82. The molecule has 8 nitrogen and oxygen atoms in total. The summed E-state index contributed by atoms with van der Waals surface area (Å²) < 4.78 is 37.4. The van der Waals surface area contributed by atoms with Crippen LogP contribution < -0.4 is 25.7 Å². The van der Waals surface area contributed by atoms with Crippen molar-refractivity contribution < 1.29 is 23.0 Å². The second kappa shape index (κ2) is 8.46. The van der Waals surface area contributed by atoms with Gasteiger partial charge in [-0.1, -0.05) is 12.1 Å². The molecule has 0 radical (unpaired) electrons. The summed E-state index contributed by atoms with van der Waals surface area (Å²) in [6.45, 7) is 3.07. The molecule has 10 heteroatoms. The molecule has 0 spiro atoms. The van der Waals surface area contributed by atoms with Crippen LogP contribution in [0.15, 0.2) is 53.5 Å². The van der Waals surface area contributed by atoms with Gasteiger partial charge in [0.1, 0.15) is 5.82 Å². The zero-order valence-corrected chi connectivity index (χ0v) is 19.2. The number of aromatic nitrogens is 2. The number of nitrogens with one attached hydrogen (secondary N) is 2. The quantitative estimate of drug-likeness (QED) is 0.536. The Labute approximate surface area is 199 Å². The van der Waals surface area contributed by atoms with Gasteiger partial charge < -0.3 is 24.7 Å². The molecule has 3 heterocycles. The van der Waals surface area contributed by atoms with Gasteiger partial charge in [-0.15, -0.1) is 8.78 Å². The third kappa shape index (κ3) is 4.37. The van der Waals surface area contributed by atoms with Crippen LogP contribution >= 0.6 is 0 Å². The number of benzene rings is 1. The van der Waals surface area contributed by atoms with Gasteiger partial charge in [-0.3, -0.25) is 9.59 Å². The predicted octanol–water partition coefficient (Wildman–Crippen LogP) is 3.43. The summed E-state index contributed by atoms with van der Waals surface area (Å²) in [5, 5.41) is 5.90. The number of amides is 1. The Balaban J connectivity index is 1.39. The first-order valence-corrected chi connectivity index (χ1v) is 11.3. The molecule has 0 bridgehead atoms. The molecule has 0 unspecified atom stereocenters. The van der Waals surface area contributed by atoms with E-state index in [1.54, 1.807) is 29.0 Å². The van der Waals surface area contributed by atoms with Crippen LogP contribution in [0.4, 0.5) is 14.6 Å². The first-order valence-electron chi connectivity index (χ1n) is 11.3. The van der Waals surface area contributed by atoms with Crippen molar-refractivity contribution in [1.82, 2.24) is 14.9 Å². The number of fused-ring (bicyclic) bond motifs is 1. The van der Waals surface area contributed by atoms with E-state index in [4.69, 9.17) is 0 Å². The van der Waals surface area contributed by atoms with E-state index in [-0.39, 0.29) is 23.0 Å². The number of rotatable bonds is 7. The summed E-state index contributed by atoms with van der Waals surface area (Å²) in [5.41, 5.74) is 1.92. The van der Waals surface area contributed by atoms with Gasteiger partial charge in [0.15, 0.2) is 11.5 Å². The van der Waals surface area contributed by atoms with Crippen molar-refractivity contribution in [3.8, 4) is 22.8 Å². The summed E-state index contributed by atoms with van der Waals surface area (Å²) >= 11 is 0. The highest BCUT2D eigenvalue weighted by atomic mass is 19.3. The van der Waals surface area contributed by atoms with Crippen molar-refractivity contribution in [1.29, 1.82) is 0 Å². The number of aryl methyl sites for hydroxylation is 1. The van der Waals surface area contributed by atoms with Crippen LogP contribution in [0.25, 0.3) is 11.3 Å². The zero-order valence-electron chi connectivity index (χ0n) is 19.2. The summed E-state index contributed by atoms with van der Waals surface area (Å²) in [6, 6.07) is 11.2. The SMILES string of the molecule is CNCCn1cc(-c2nc(NC(=O)C3(c4ccc5c(c4)OC(F)(F)O5)CC3)ccc2C)ccc1=O. The number of carbonyl (C=O) groups excluding carboxylic acids is 1. The molecule has 35 heavy (non-hydrogen) atoms. The maximum absolute atomic E-state index is 13.4. The highest BCUT2D eigenvalue weighted by Crippen LogP contribution is 2.52. The minimum absolute atomic E-state index is 0.0594. The van der Waals surface area contributed by atoms with Crippen molar-refractivity contribution >= 4 is 11.7 Å². The molecule has 0 saturated heterocycles. The molecule has 1 amide bonds. The number of halogens is 2. The number of likely N-dealkylation sites (N-methyl/N-ethyl adjacent to an activating group) is 1. The third-order valence-corrected chi connectivity index (χ3v) is 6.34. The average Bonchev–Trinajstić information content (AvgIpc) is 3.57. The summed E-state index contributed by atoms with van der Waals surface area (Å²) in [4.78, 5) is 30.1. The molecule has 2 N–H and O–H groups in total. The Bertz CT molecular complexity index is 1370. The predicted molar refractivity (Wildman–Crippen MR) is 125 cm³/mol. The second-order valence-corrected chi connectivity index (χ2v) is 8.78. The van der Waals surface area contributed by atoms with Crippen molar-refractivity contribution in [3.05, 3.63) is 70.1 Å². The molecule has 2 aromatic heterocycles. The molecule has 0 atom stereocenters. The minimum Gasteiger partial charge on any atom is -0.395 e. The van der Waals surface area contributed by atoms with Crippen molar-refractivity contribution in [3.63, 3.8) is 0 Å². The molecule has 182 valence electrons. The molecule has 2 aliphatic rings. The van der Waals surface area contributed by atoms with Crippen LogP contribution in [0.5, 0.6) is 11.5 Å². The van der Waals surface area contributed by atoms with E-state index in [0.29, 0.717) is 43.0 Å². The maximum Gasteiger partial charge on any atom is 0.586 e. The Morgan fingerprint density at radius 3 is 2.63 bits per heavy atom. The molecule has 5 rings (SSSR count). The largest absolute Gasteiger partial charge is 0.586 e. The van der Waals surface area contributed by atoms with E-state index >= 15 is 0 Å². The number of pyridine rings is 2. The molecule has 1 saturated carbocycles. The highest BCUT2D eigenvalue weighted by Gasteiger charge is 2.53. The molecular formula is C25H24F2N4O4. The van der Waals surface area contributed by atoms with Crippen LogP contribution in [0.2, 0.25) is 0 Å². The molecule has 1 fully saturated rings. The van der Waals surface area contributed by atoms with Crippen LogP contribution in [-0.4, -0.2) is 35.3 Å². The standard InChI is InChI=1S/C25H24F2N4O4/c1-15-3-7-20(29-22(15)16-4-8-21(32)31(14-16)12-11-28-2)30-23(33)24(9-10-24)17-5-6-18-19(13-17)35-25(26,27)34-18/h3-8,13-14,28H,9-12H2,1-2H3,(H,29,30,33). The maximum atomic E-state index is 13.4. The van der Waals surface area contributed by atoms with Crippen molar-refractivity contribution in [2.45, 2.75) is 38.0 Å². The minimum atomic E-state index is -3.71. The lowest BCUT2D eigenvalue weighted by atomic mass is 9.94. The van der Waals surface area contributed by atoms with Crippen molar-refractivity contribution in [2.75, 3.05) is 18.9 Å². The van der Waals surface area contributed by atoms with Gasteiger partial charge in [0.05, 0.1) is 11.1 Å². The fraction of sp³-hybridized carbons (Fsp3) is 0.320. The number of hydrogen-bond acceptors (Lipinski definition) is 6. The molecule has 1 aromatic carbocycles. The first kappa shape index (κ1) is 23.0. The highest BCUT2D eigenvalue weighted by molar-refractivity contribution is 6.01. The second-order valence-electron chi connectivity index (χ2n) is 8.78. The lowest BCUT2D eigenvalue weighted by Gasteiger charge is -2.17. The van der Waals surface area contributed by atoms with Gasteiger partial charge >= 0.3 is 6.29 Å². The number of ether oxygens (including phenoxy) is 2. The average molecular weight is 482 g/mol. The van der Waals surface area contributed by atoms with E-state index in [1.165, 1.54) is 18.2 Å². The Morgan fingerprint density at radius 2 is 1.89 bits per heavy atom. The Hall–Kier alpha value is -3.79. The lowest BCUT2D eigenvalue weighted by Crippen LogP contribution is -2.28. The van der Waals surface area contributed by atoms with Gasteiger partial charge in [0.2, 0.25) is 5.91 Å². The lowest BCUT2D eigenvalue weighted by molar-refractivity contribution is -0.286. The normalized spacial score (nSPS) is 16.7. The summed E-state index contributed by atoms with van der Waals surface area (Å²) in [5.74, 6) is -0.0573. The smallest absolute Gasteiger partial charge is 0.395 e. The van der Waals surface area contributed by atoms with Crippen LogP contribution in [0, 0.1) is 6.92 Å². The molecule has 1 aliphatic carbocycles. The van der Waals surface area contributed by atoms with Gasteiger partial charge in [-0.2, -0.15) is 0 Å². The number of hydrogen-bond donors (Lipinski definition) is 2. The topological polar surface area (TPSA) is 94.5 Å². The van der Waals surface area contributed by atoms with Crippen LogP contribution in [0.1, 0.15) is 24.0 Å². The monoisotopic (exact) mass is 482 g/mol. The van der Waals surface area contributed by atoms with Crippen LogP contribution in [0.3, 0.4) is 0 Å². The van der Waals surface area contributed by atoms with Gasteiger partial charge in [-0.05, 0) is 62.2 Å². The van der Waals surface area contributed by atoms with E-state index < -0.39 is 11.7 Å². The summed E-state index contributed by atoms with van der Waals surface area (Å²) in [6.07, 6.45) is -0.808. The first-order chi connectivity index (χ1) is 16.7. The Kier molecular flexibility index (Phi) is 5.55. The Morgan fingerprint density at radius 1 is 1.11 bits per heavy atom. The van der Waals surface area contributed by atoms with E-state index in [9.17, 15) is 18.4 Å². The zero-order chi connectivity index (χ0) is 24.8. The molecule has 3 aromatic rings. The number of alkyl halides is 2. The molecule has 1 aliphatic heterocycles. The number of carbonyl (C=O) groups is 1.